The molecule has 0 aromatic carbocycles. The number of hydrogen-bond donors (Lipinski definition) is 1. The van der Waals surface area contributed by atoms with Gasteiger partial charge in [0.05, 0.1) is 25.4 Å². The van der Waals surface area contributed by atoms with Crippen LogP contribution < -0.4 is 0 Å². The van der Waals surface area contributed by atoms with Crippen molar-refractivity contribution in [2.24, 2.45) is 34.5 Å². The Balaban J connectivity index is 1.37. The van der Waals surface area contributed by atoms with E-state index in [1.165, 1.54) is 29.8 Å². The van der Waals surface area contributed by atoms with Crippen LogP contribution in [-0.2, 0) is 18.3 Å². The van der Waals surface area contributed by atoms with Gasteiger partial charge in [-0.15, -0.1) is 22.7 Å². The number of carbonyl (C=O) groups excluding carboxylic acids is 2. The minimum absolute atomic E-state index is 0.00170. The number of aliphatic hydroxyl groups is 1. The molecule has 8 atom stereocenters. The summed E-state index contributed by atoms with van der Waals surface area (Å²) in [4.78, 5) is 34.7. The van der Waals surface area contributed by atoms with E-state index in [-0.39, 0.29) is 22.3 Å². The molecule has 0 spiro atoms. The number of methoxy groups -OCH3 is 1. The van der Waals surface area contributed by atoms with Crippen LogP contribution in [0.1, 0.15) is 140 Å². The summed E-state index contributed by atoms with van der Waals surface area (Å²) in [6.45, 7) is 35.0. The third-order valence-electron chi connectivity index (χ3n) is 14.9. The number of rotatable bonds is 25. The number of carbonyl (C=O) groups is 2. The predicted octanol–water partition coefficient (Wildman–Crippen LogP) is 15.3. The molecule has 0 amide bonds. The maximum Gasteiger partial charge on any atom is 0.358 e. The van der Waals surface area contributed by atoms with Crippen LogP contribution >= 0.6 is 22.7 Å². The molecule has 70 heavy (non-hydrogen) atoms. The van der Waals surface area contributed by atoms with E-state index >= 15 is 0 Å². The Bertz CT molecular complexity index is 2280. The van der Waals surface area contributed by atoms with Crippen molar-refractivity contribution in [1.82, 2.24) is 9.97 Å². The minimum atomic E-state index is -2.20. The van der Waals surface area contributed by atoms with Crippen LogP contribution in [0.3, 0.4) is 0 Å². The number of thiazole rings is 2. The summed E-state index contributed by atoms with van der Waals surface area (Å²) < 4.78 is 25.1. The molecule has 2 heterocycles. The first-order chi connectivity index (χ1) is 32.6. The van der Waals surface area contributed by atoms with E-state index in [2.05, 4.69) is 160 Å². The predicted molar refractivity (Wildman–Crippen MR) is 299 cm³/mol. The van der Waals surface area contributed by atoms with E-state index < -0.39 is 51.6 Å². The SMILES string of the molecule is C/C=C/[C@@H](O[Si](C)(C)C(C)(C)C)C(C)(C)[C@H](C/C=C\[C@H]1C[C@H]1/C=C/C=C\c1nc(C(=O)OC)cs1)OC(=O)c1csc(/C=C\C=C\[C@@H]2C[C@@H]2/C=C\C[C@H](O)C(C)(C)[C@@H](/C=C/C)O[Si](C)(C)C(C)(C)C)n1. The smallest absolute Gasteiger partial charge is 0.358 e. The molecular formula is C57H86N2O7S2Si2. The summed E-state index contributed by atoms with van der Waals surface area (Å²) in [5, 5.41) is 16.4. The van der Waals surface area contributed by atoms with Gasteiger partial charge in [0.25, 0.3) is 0 Å². The zero-order valence-corrected chi connectivity index (χ0v) is 49.1. The van der Waals surface area contributed by atoms with Crippen molar-refractivity contribution < 1.29 is 33.0 Å². The zero-order valence-electron chi connectivity index (χ0n) is 45.4. The summed E-state index contributed by atoms with van der Waals surface area (Å²) in [5.41, 5.74) is -0.395. The third kappa shape index (κ3) is 16.7. The second kappa shape index (κ2) is 24.9. The van der Waals surface area contributed by atoms with Crippen LogP contribution in [0.4, 0.5) is 0 Å². The lowest BCUT2D eigenvalue weighted by atomic mass is 9.79. The third-order valence-corrected chi connectivity index (χ3v) is 25.4. The van der Waals surface area contributed by atoms with Crippen LogP contribution in [0.5, 0.6) is 0 Å². The van der Waals surface area contributed by atoms with Crippen molar-refractivity contribution in [3.05, 3.63) is 117 Å². The van der Waals surface area contributed by atoms with Gasteiger partial charge in [-0.25, -0.2) is 19.6 Å². The molecular weight excluding hydrogens is 945 g/mol. The second-order valence-electron chi connectivity index (χ2n) is 23.3. The highest BCUT2D eigenvalue weighted by Crippen LogP contribution is 2.45. The summed E-state index contributed by atoms with van der Waals surface area (Å²) >= 11 is 2.82. The zero-order chi connectivity index (χ0) is 52.3. The molecule has 0 unspecified atom stereocenters. The molecule has 9 nitrogen and oxygen atoms in total. The standard InChI is InChI=1S/C57H86N2O7S2Si2/c1-18-26-48(65-69(14,15)54(3,4)5)56(9,10)46(60)32-24-30-42-36-40(42)28-21-23-35-51-59-45(39-68-51)53(62)64-47(57(11,12)49(27-19-2)66-70(16,17)55(6,7)8)33-25-31-43-37-41(43)29-20-22-34-50-58-44(38-67-50)52(61)63-13/h18-31,34-35,38-43,46-49,60H,32-33,36-37H2,1-17H3/b26-18+,27-19+,28-21+,29-20+,30-24-,31-25-,34-22-,35-23-/t40-,41-,42+,43+,46+,47+,48-,49-/m1/s1. The van der Waals surface area contributed by atoms with Crippen LogP contribution in [0.2, 0.25) is 36.3 Å². The lowest BCUT2D eigenvalue weighted by Crippen LogP contribution is -2.51. The second-order valence-corrected chi connectivity index (χ2v) is 34.6. The van der Waals surface area contributed by atoms with E-state index in [9.17, 15) is 14.7 Å². The Morgan fingerprint density at radius 2 is 1.07 bits per heavy atom. The summed E-state index contributed by atoms with van der Waals surface area (Å²) in [5.74, 6) is 0.861. The summed E-state index contributed by atoms with van der Waals surface area (Å²) in [6, 6.07) is 0. The monoisotopic (exact) mass is 1030 g/mol. The Morgan fingerprint density at radius 1 is 0.657 bits per heavy atom. The maximum absolute atomic E-state index is 13.9. The van der Waals surface area contributed by atoms with Gasteiger partial charge in [0.2, 0.25) is 0 Å². The van der Waals surface area contributed by atoms with E-state index in [4.69, 9.17) is 18.3 Å². The molecule has 0 aliphatic heterocycles. The topological polar surface area (TPSA) is 117 Å². The van der Waals surface area contributed by atoms with Crippen molar-refractivity contribution in [2.45, 2.75) is 169 Å². The molecule has 2 aliphatic carbocycles. The van der Waals surface area contributed by atoms with E-state index in [0.717, 1.165) is 22.9 Å². The van der Waals surface area contributed by atoms with Crippen molar-refractivity contribution in [2.75, 3.05) is 7.11 Å². The molecule has 0 saturated heterocycles. The molecule has 2 aromatic heterocycles. The van der Waals surface area contributed by atoms with Gasteiger partial charge in [0.1, 0.15) is 16.1 Å². The van der Waals surface area contributed by atoms with E-state index in [0.29, 0.717) is 47.9 Å². The fourth-order valence-corrected chi connectivity index (χ4v) is 11.5. The first-order valence-electron chi connectivity index (χ1n) is 25.1. The fourth-order valence-electron chi connectivity index (χ4n) is 7.41. The fraction of sp³-hybridized carbons (Fsp3) is 0.579. The first kappa shape index (κ1) is 59.0. The van der Waals surface area contributed by atoms with Crippen LogP contribution in [-0.4, -0.2) is 75.2 Å². The van der Waals surface area contributed by atoms with Crippen LogP contribution in [0, 0.1) is 34.5 Å². The number of nitrogens with zero attached hydrogens (tertiary/aromatic N) is 2. The van der Waals surface area contributed by atoms with E-state index in [1.54, 1.807) is 10.8 Å². The van der Waals surface area contributed by atoms with Gasteiger partial charge in [-0.2, -0.15) is 0 Å². The average Bonchev–Trinajstić information content (AvgIpc) is 4.07. The Hall–Kier alpha value is -3.57. The average molecular weight is 1030 g/mol. The largest absolute Gasteiger partial charge is 0.464 e. The van der Waals surface area contributed by atoms with Gasteiger partial charge in [0, 0.05) is 28.0 Å². The molecule has 2 aliphatic rings. The number of aliphatic hydroxyl groups excluding tert-OH is 1. The van der Waals surface area contributed by atoms with Gasteiger partial charge in [-0.05, 0) is 105 Å². The van der Waals surface area contributed by atoms with Crippen molar-refractivity contribution in [3.8, 4) is 0 Å². The van der Waals surface area contributed by atoms with Crippen molar-refractivity contribution >= 4 is 63.4 Å². The lowest BCUT2D eigenvalue weighted by Gasteiger charge is -2.45. The van der Waals surface area contributed by atoms with Gasteiger partial charge in [-0.3, -0.25) is 0 Å². The summed E-state index contributed by atoms with van der Waals surface area (Å²) in [7, 11) is -2.88. The minimum Gasteiger partial charge on any atom is -0.464 e. The highest BCUT2D eigenvalue weighted by atomic mass is 32.1. The summed E-state index contributed by atoms with van der Waals surface area (Å²) in [6.07, 6.45) is 35.2. The van der Waals surface area contributed by atoms with Crippen LogP contribution in [0.25, 0.3) is 12.2 Å². The first-order valence-corrected chi connectivity index (χ1v) is 32.7. The van der Waals surface area contributed by atoms with Crippen molar-refractivity contribution in [3.63, 3.8) is 0 Å². The van der Waals surface area contributed by atoms with Crippen molar-refractivity contribution in [1.29, 1.82) is 0 Å². The lowest BCUT2D eigenvalue weighted by molar-refractivity contribution is -0.0420. The molecule has 13 heteroatoms. The Labute approximate surface area is 432 Å². The number of hydrogen-bond acceptors (Lipinski definition) is 11. The van der Waals surface area contributed by atoms with Gasteiger partial charge >= 0.3 is 11.9 Å². The highest BCUT2D eigenvalue weighted by Gasteiger charge is 2.47. The molecule has 386 valence electrons. The number of aromatic nitrogens is 2. The molecule has 4 rings (SSSR count). The Kier molecular flexibility index (Phi) is 21.0. The number of ether oxygens (including phenoxy) is 2. The van der Waals surface area contributed by atoms with Crippen LogP contribution in [0.15, 0.2) is 95.8 Å². The Morgan fingerprint density at radius 3 is 1.50 bits per heavy atom. The number of allylic oxidation sites excluding steroid dienone is 10. The quantitative estimate of drug-likeness (QED) is 0.0449. The van der Waals surface area contributed by atoms with Gasteiger partial charge in [-0.1, -0.05) is 154 Å². The molecule has 2 fully saturated rings. The normalized spacial score (nSPS) is 21.7. The number of esters is 2. The maximum atomic E-state index is 13.9. The molecule has 2 saturated carbocycles. The molecule has 0 bridgehead atoms. The van der Waals surface area contributed by atoms with E-state index in [1.807, 2.05) is 56.4 Å². The highest BCUT2D eigenvalue weighted by molar-refractivity contribution is 7.11. The molecule has 1 N–H and O–H groups in total. The molecule has 2 aromatic rings. The van der Waals surface area contributed by atoms with Gasteiger partial charge < -0.3 is 23.4 Å². The van der Waals surface area contributed by atoms with Gasteiger partial charge in [0.15, 0.2) is 28.0 Å². The molecule has 0 radical (unpaired) electrons.